The highest BCUT2D eigenvalue weighted by molar-refractivity contribution is 6.02. The summed E-state index contributed by atoms with van der Waals surface area (Å²) < 4.78 is 5.34. The van der Waals surface area contributed by atoms with Gasteiger partial charge in [-0.05, 0) is 67.6 Å². The van der Waals surface area contributed by atoms with Crippen LogP contribution in [0.5, 0.6) is 5.75 Å². The predicted octanol–water partition coefficient (Wildman–Crippen LogP) is 5.73. The molecule has 1 aliphatic carbocycles. The standard InChI is InChI=1S/C32H38N4O4/c1-23-11-6-7-14-27(23)36(30(38)17-10-16-29(37)35-28-15-8-9-22-33-28)31(24-18-20-26(40-2)21-19-24)32(39)34-25-12-4-3-5-13-25/h6-9,11,14-15,18-22,25,31H,3-5,10,12-13,16-17H2,1-2H3,(H,34,39)(H,33,35,37). The first-order valence-electron chi connectivity index (χ1n) is 14.0. The van der Waals surface area contributed by atoms with E-state index in [0.717, 1.165) is 31.2 Å². The molecule has 1 unspecified atom stereocenters. The highest BCUT2D eigenvalue weighted by Gasteiger charge is 2.34. The van der Waals surface area contributed by atoms with Crippen molar-refractivity contribution >= 4 is 29.2 Å². The van der Waals surface area contributed by atoms with Gasteiger partial charge in [-0.3, -0.25) is 19.3 Å². The zero-order chi connectivity index (χ0) is 28.3. The van der Waals surface area contributed by atoms with Crippen LogP contribution < -0.4 is 20.3 Å². The average molecular weight is 543 g/mol. The second kappa shape index (κ2) is 14.3. The lowest BCUT2D eigenvalue weighted by Gasteiger charge is -2.34. The van der Waals surface area contributed by atoms with E-state index in [4.69, 9.17) is 4.74 Å². The number of benzene rings is 2. The normalized spacial score (nSPS) is 14.2. The quantitative estimate of drug-likeness (QED) is 0.322. The molecule has 1 saturated carbocycles. The average Bonchev–Trinajstić information content (AvgIpc) is 2.97. The minimum absolute atomic E-state index is 0.0890. The Morgan fingerprint density at radius 1 is 0.950 bits per heavy atom. The molecule has 0 saturated heterocycles. The van der Waals surface area contributed by atoms with E-state index in [1.165, 1.54) is 6.42 Å². The second-order valence-electron chi connectivity index (χ2n) is 10.2. The monoisotopic (exact) mass is 542 g/mol. The Morgan fingerprint density at radius 3 is 2.35 bits per heavy atom. The molecule has 4 rings (SSSR count). The van der Waals surface area contributed by atoms with E-state index in [2.05, 4.69) is 15.6 Å². The van der Waals surface area contributed by atoms with E-state index in [-0.39, 0.29) is 36.6 Å². The van der Waals surface area contributed by atoms with Gasteiger partial charge in [0.25, 0.3) is 0 Å². The number of hydrogen-bond donors (Lipinski definition) is 2. The molecule has 8 heteroatoms. The third kappa shape index (κ3) is 7.68. The van der Waals surface area contributed by atoms with Gasteiger partial charge in [-0.25, -0.2) is 4.98 Å². The zero-order valence-corrected chi connectivity index (χ0v) is 23.3. The number of rotatable bonds is 11. The van der Waals surface area contributed by atoms with E-state index in [1.54, 1.807) is 48.5 Å². The Morgan fingerprint density at radius 2 is 1.68 bits per heavy atom. The van der Waals surface area contributed by atoms with Gasteiger partial charge >= 0.3 is 0 Å². The zero-order valence-electron chi connectivity index (χ0n) is 23.3. The van der Waals surface area contributed by atoms with Gasteiger partial charge in [0, 0.05) is 30.8 Å². The molecular weight excluding hydrogens is 504 g/mol. The van der Waals surface area contributed by atoms with Gasteiger partial charge in [-0.15, -0.1) is 0 Å². The molecule has 0 aliphatic heterocycles. The number of aromatic nitrogens is 1. The van der Waals surface area contributed by atoms with Crippen LogP contribution in [0.25, 0.3) is 0 Å². The lowest BCUT2D eigenvalue weighted by atomic mass is 9.94. The van der Waals surface area contributed by atoms with Gasteiger partial charge in [0.15, 0.2) is 0 Å². The fourth-order valence-electron chi connectivity index (χ4n) is 5.14. The largest absolute Gasteiger partial charge is 0.497 e. The second-order valence-corrected chi connectivity index (χ2v) is 10.2. The number of nitrogens with zero attached hydrogens (tertiary/aromatic N) is 2. The van der Waals surface area contributed by atoms with Crippen LogP contribution in [-0.2, 0) is 14.4 Å². The number of para-hydroxylation sites is 1. The van der Waals surface area contributed by atoms with Crippen LogP contribution in [0, 0.1) is 6.92 Å². The summed E-state index contributed by atoms with van der Waals surface area (Å²) in [5.74, 6) is 0.499. The van der Waals surface area contributed by atoms with E-state index in [1.807, 2.05) is 43.3 Å². The van der Waals surface area contributed by atoms with Crippen molar-refractivity contribution in [1.82, 2.24) is 10.3 Å². The van der Waals surface area contributed by atoms with Gasteiger partial charge in [-0.2, -0.15) is 0 Å². The fraction of sp³-hybridized carbons (Fsp3) is 0.375. The Labute approximate surface area is 236 Å². The Hall–Kier alpha value is -4.20. The van der Waals surface area contributed by atoms with E-state index in [0.29, 0.717) is 29.2 Å². The molecule has 3 amide bonds. The summed E-state index contributed by atoms with van der Waals surface area (Å²) in [5, 5.41) is 5.99. The number of nitrogens with one attached hydrogen (secondary N) is 2. The summed E-state index contributed by atoms with van der Waals surface area (Å²) in [6.07, 6.45) is 7.42. The first-order chi connectivity index (χ1) is 19.5. The SMILES string of the molecule is COc1ccc(C(C(=O)NC2CCCCC2)N(C(=O)CCCC(=O)Nc2ccccn2)c2ccccc2C)cc1. The van der Waals surface area contributed by atoms with Crippen LogP contribution >= 0.6 is 0 Å². The van der Waals surface area contributed by atoms with Crippen molar-refractivity contribution in [2.24, 2.45) is 0 Å². The summed E-state index contributed by atoms with van der Waals surface area (Å²) in [6.45, 7) is 1.93. The summed E-state index contributed by atoms with van der Waals surface area (Å²) in [5.41, 5.74) is 2.25. The Balaban J connectivity index is 1.59. The molecule has 3 aromatic rings. The molecule has 8 nitrogen and oxygen atoms in total. The molecule has 1 aliphatic rings. The van der Waals surface area contributed by atoms with Crippen molar-refractivity contribution in [3.8, 4) is 5.75 Å². The molecule has 40 heavy (non-hydrogen) atoms. The topological polar surface area (TPSA) is 101 Å². The van der Waals surface area contributed by atoms with Gasteiger partial charge in [0.2, 0.25) is 17.7 Å². The number of anilines is 2. The maximum atomic E-state index is 14.0. The van der Waals surface area contributed by atoms with Crippen molar-refractivity contribution in [2.75, 3.05) is 17.3 Å². The van der Waals surface area contributed by atoms with Gasteiger partial charge in [-0.1, -0.05) is 55.7 Å². The van der Waals surface area contributed by atoms with Crippen LogP contribution in [0.3, 0.4) is 0 Å². The van der Waals surface area contributed by atoms with Crippen LogP contribution in [0.15, 0.2) is 72.9 Å². The first-order valence-corrected chi connectivity index (χ1v) is 14.0. The third-order valence-corrected chi connectivity index (χ3v) is 7.26. The number of carbonyl (C=O) groups is 3. The lowest BCUT2D eigenvalue weighted by molar-refractivity contribution is -0.127. The lowest BCUT2D eigenvalue weighted by Crippen LogP contribution is -2.47. The molecule has 0 bridgehead atoms. The molecule has 2 N–H and O–H groups in total. The van der Waals surface area contributed by atoms with Gasteiger partial charge in [0.05, 0.1) is 7.11 Å². The highest BCUT2D eigenvalue weighted by atomic mass is 16.5. The maximum absolute atomic E-state index is 14.0. The van der Waals surface area contributed by atoms with Crippen molar-refractivity contribution in [1.29, 1.82) is 0 Å². The first kappa shape index (κ1) is 28.8. The minimum atomic E-state index is -0.872. The van der Waals surface area contributed by atoms with Gasteiger partial charge < -0.3 is 15.4 Å². The van der Waals surface area contributed by atoms with Gasteiger partial charge in [0.1, 0.15) is 17.6 Å². The minimum Gasteiger partial charge on any atom is -0.497 e. The number of pyridine rings is 1. The fourth-order valence-corrected chi connectivity index (χ4v) is 5.14. The third-order valence-electron chi connectivity index (χ3n) is 7.26. The van der Waals surface area contributed by atoms with Crippen molar-refractivity contribution in [3.05, 3.63) is 84.1 Å². The Kier molecular flexibility index (Phi) is 10.3. The molecule has 1 fully saturated rings. The molecule has 210 valence electrons. The van der Waals surface area contributed by atoms with Crippen LogP contribution in [0.4, 0.5) is 11.5 Å². The van der Waals surface area contributed by atoms with E-state index < -0.39 is 6.04 Å². The summed E-state index contributed by atoms with van der Waals surface area (Å²) >= 11 is 0. The van der Waals surface area contributed by atoms with Crippen LogP contribution in [-0.4, -0.2) is 35.9 Å². The van der Waals surface area contributed by atoms with Crippen molar-refractivity contribution in [3.63, 3.8) is 0 Å². The summed E-state index contributed by atoms with van der Waals surface area (Å²) in [6, 6.07) is 19.4. The Bertz CT molecular complexity index is 1270. The molecule has 2 aromatic carbocycles. The molecule has 0 radical (unpaired) electrons. The highest BCUT2D eigenvalue weighted by Crippen LogP contribution is 2.33. The predicted molar refractivity (Wildman–Crippen MR) is 156 cm³/mol. The number of methoxy groups -OCH3 is 1. The maximum Gasteiger partial charge on any atom is 0.248 e. The number of amides is 3. The number of aryl methyl sites for hydroxylation is 1. The van der Waals surface area contributed by atoms with Crippen molar-refractivity contribution < 1.29 is 19.1 Å². The molecule has 1 aromatic heterocycles. The summed E-state index contributed by atoms with van der Waals surface area (Å²) in [7, 11) is 1.59. The van der Waals surface area contributed by atoms with E-state index in [9.17, 15) is 14.4 Å². The number of hydrogen-bond acceptors (Lipinski definition) is 5. The molecule has 1 heterocycles. The molecule has 1 atom stereocenters. The smallest absolute Gasteiger partial charge is 0.248 e. The van der Waals surface area contributed by atoms with Crippen LogP contribution in [0.2, 0.25) is 0 Å². The molecular formula is C32H38N4O4. The summed E-state index contributed by atoms with van der Waals surface area (Å²) in [4.78, 5) is 46.1. The van der Waals surface area contributed by atoms with Crippen molar-refractivity contribution in [2.45, 2.75) is 70.4 Å². The van der Waals surface area contributed by atoms with E-state index >= 15 is 0 Å². The number of ether oxygens (including phenoxy) is 1. The van der Waals surface area contributed by atoms with Crippen LogP contribution in [0.1, 0.15) is 68.5 Å². The number of carbonyl (C=O) groups excluding carboxylic acids is 3. The molecule has 0 spiro atoms.